The van der Waals surface area contributed by atoms with E-state index in [9.17, 15) is 4.79 Å². The van der Waals surface area contributed by atoms with Gasteiger partial charge in [0.25, 0.3) is 0 Å². The predicted molar refractivity (Wildman–Crippen MR) is 110 cm³/mol. The minimum Gasteiger partial charge on any atom is -0.475 e. The van der Waals surface area contributed by atoms with E-state index in [2.05, 4.69) is 24.9 Å². The Labute approximate surface area is 183 Å². The molecular weight excluding hydrogens is 453 g/mol. The van der Waals surface area contributed by atoms with E-state index in [0.29, 0.717) is 27.7 Å². The van der Waals surface area contributed by atoms with Crippen LogP contribution in [0.5, 0.6) is 11.6 Å². The number of carboxylic acids is 1. The SMILES string of the molecule is CCc1[nH]c2nc(Cl)nc(Oc3ccc4nccnc4c3)c2c1Cl.O=C(O)C(O)(O)O. The fourth-order valence-electron chi connectivity index (χ4n) is 2.49. The molecule has 4 aromatic rings. The van der Waals surface area contributed by atoms with Gasteiger partial charge < -0.3 is 30.1 Å². The van der Waals surface area contributed by atoms with Gasteiger partial charge in [-0.25, -0.2) is 4.79 Å². The fourth-order valence-corrected chi connectivity index (χ4v) is 3.00. The number of hydrogen-bond donors (Lipinski definition) is 5. The topological polar surface area (TPSA) is 175 Å². The molecule has 0 aliphatic carbocycles. The van der Waals surface area contributed by atoms with Crippen LogP contribution in [-0.4, -0.2) is 57.3 Å². The van der Waals surface area contributed by atoms with E-state index in [0.717, 1.165) is 23.1 Å². The summed E-state index contributed by atoms with van der Waals surface area (Å²) >= 11 is 12.4. The first-order valence-electron chi connectivity index (χ1n) is 8.62. The Hall–Kier alpha value is -3.09. The smallest absolute Gasteiger partial charge is 0.395 e. The number of aliphatic carboxylic acids is 1. The van der Waals surface area contributed by atoms with Crippen LogP contribution in [0.2, 0.25) is 10.3 Å². The number of H-pyrrole nitrogens is 1. The van der Waals surface area contributed by atoms with Gasteiger partial charge in [0.15, 0.2) is 0 Å². The normalized spacial score (nSPS) is 11.3. The number of aromatic nitrogens is 5. The Morgan fingerprint density at radius 3 is 2.39 bits per heavy atom. The maximum atomic E-state index is 9.27. The van der Waals surface area contributed by atoms with Gasteiger partial charge in [-0.15, -0.1) is 0 Å². The molecule has 0 aliphatic rings. The van der Waals surface area contributed by atoms with Gasteiger partial charge in [-0.3, -0.25) is 9.97 Å². The van der Waals surface area contributed by atoms with Crippen molar-refractivity contribution in [3.63, 3.8) is 0 Å². The molecule has 13 heteroatoms. The van der Waals surface area contributed by atoms with Gasteiger partial charge in [0.05, 0.1) is 16.1 Å². The summed E-state index contributed by atoms with van der Waals surface area (Å²) in [4.78, 5) is 29.3. The van der Waals surface area contributed by atoms with E-state index in [1.807, 2.05) is 13.0 Å². The molecule has 162 valence electrons. The van der Waals surface area contributed by atoms with Gasteiger partial charge in [-0.1, -0.05) is 18.5 Å². The van der Waals surface area contributed by atoms with Crippen LogP contribution in [-0.2, 0) is 11.2 Å². The van der Waals surface area contributed by atoms with Gasteiger partial charge in [0.2, 0.25) is 11.2 Å². The fraction of sp³-hybridized carbons (Fsp3) is 0.167. The largest absolute Gasteiger partial charge is 0.475 e. The number of rotatable bonds is 4. The van der Waals surface area contributed by atoms with Crippen molar-refractivity contribution in [2.75, 3.05) is 0 Å². The van der Waals surface area contributed by atoms with E-state index in [4.69, 9.17) is 48.4 Å². The minimum absolute atomic E-state index is 0.0821. The zero-order valence-electron chi connectivity index (χ0n) is 15.7. The van der Waals surface area contributed by atoms with Crippen molar-refractivity contribution < 1.29 is 30.0 Å². The second-order valence-corrected chi connectivity index (χ2v) is 6.76. The summed E-state index contributed by atoms with van der Waals surface area (Å²) < 4.78 is 5.91. The molecule has 0 atom stereocenters. The summed E-state index contributed by atoms with van der Waals surface area (Å²) in [6.07, 6.45) is 4.00. The van der Waals surface area contributed by atoms with Crippen molar-refractivity contribution in [1.82, 2.24) is 24.9 Å². The molecule has 0 spiro atoms. The maximum Gasteiger partial charge on any atom is 0.395 e. The van der Waals surface area contributed by atoms with E-state index < -0.39 is 11.9 Å². The summed E-state index contributed by atoms with van der Waals surface area (Å²) in [5.41, 5.74) is 2.91. The Morgan fingerprint density at radius 2 is 1.77 bits per heavy atom. The first-order valence-corrected chi connectivity index (χ1v) is 9.38. The highest BCUT2D eigenvalue weighted by Crippen LogP contribution is 2.36. The molecule has 0 aliphatic heterocycles. The first-order chi connectivity index (χ1) is 14.6. The quantitative estimate of drug-likeness (QED) is 0.221. The minimum atomic E-state index is -3.58. The number of hydrogen-bond acceptors (Lipinski definition) is 9. The molecule has 0 bridgehead atoms. The third kappa shape index (κ3) is 5.16. The Bertz CT molecular complexity index is 1260. The third-order valence-electron chi connectivity index (χ3n) is 3.90. The van der Waals surface area contributed by atoms with Crippen molar-refractivity contribution in [2.24, 2.45) is 0 Å². The number of carbonyl (C=O) groups is 1. The van der Waals surface area contributed by atoms with Crippen molar-refractivity contribution in [3.05, 3.63) is 46.6 Å². The number of nitrogens with zero attached hydrogens (tertiary/aromatic N) is 4. The highest BCUT2D eigenvalue weighted by molar-refractivity contribution is 6.37. The highest BCUT2D eigenvalue weighted by atomic mass is 35.5. The molecule has 0 saturated heterocycles. The van der Waals surface area contributed by atoms with Crippen molar-refractivity contribution in [3.8, 4) is 11.6 Å². The monoisotopic (exact) mass is 467 g/mol. The van der Waals surface area contributed by atoms with Crippen LogP contribution in [0.3, 0.4) is 0 Å². The molecule has 3 heterocycles. The number of halogens is 2. The number of benzene rings is 1. The lowest BCUT2D eigenvalue weighted by Gasteiger charge is -2.07. The molecule has 0 fully saturated rings. The van der Waals surface area contributed by atoms with Crippen LogP contribution in [0.25, 0.3) is 22.1 Å². The van der Waals surface area contributed by atoms with Crippen LogP contribution < -0.4 is 4.74 Å². The molecular formula is C18H15Cl2N5O6. The second-order valence-electron chi connectivity index (χ2n) is 6.04. The summed E-state index contributed by atoms with van der Waals surface area (Å²) in [7, 11) is 0. The number of aliphatic hydroxyl groups is 3. The average Bonchev–Trinajstić information content (AvgIpc) is 3.03. The molecule has 5 N–H and O–H groups in total. The maximum absolute atomic E-state index is 9.27. The van der Waals surface area contributed by atoms with Crippen molar-refractivity contribution >= 4 is 51.2 Å². The van der Waals surface area contributed by atoms with E-state index in [1.54, 1.807) is 24.5 Å². The number of ether oxygens (including phenoxy) is 1. The number of aryl methyl sites for hydroxylation is 1. The standard InChI is InChI=1S/C16H11Cl2N5O.C2H4O5/c1-2-9-13(17)12-14(21-9)22-16(18)23-15(12)24-8-3-4-10-11(7-8)20-6-5-19-10;3-1(4)2(5,6)7/h3-7H,2H2,1H3,(H,21,22,23);5-7H,(H,3,4). The summed E-state index contributed by atoms with van der Waals surface area (Å²) in [6, 6.07) is 5.40. The molecule has 3 aromatic heterocycles. The summed E-state index contributed by atoms with van der Waals surface area (Å²) in [5, 5.41) is 31.6. The summed E-state index contributed by atoms with van der Waals surface area (Å²) in [5.74, 6) is -4.81. The lowest BCUT2D eigenvalue weighted by atomic mass is 10.3. The van der Waals surface area contributed by atoms with Gasteiger partial charge in [-0.2, -0.15) is 9.97 Å². The summed E-state index contributed by atoms with van der Waals surface area (Å²) in [6.45, 7) is 1.99. The lowest BCUT2D eigenvalue weighted by Crippen LogP contribution is -2.37. The van der Waals surface area contributed by atoms with Crippen molar-refractivity contribution in [2.45, 2.75) is 19.3 Å². The predicted octanol–water partition coefficient (Wildman–Crippen LogP) is 2.26. The molecule has 0 amide bonds. The van der Waals surface area contributed by atoms with Gasteiger partial charge >= 0.3 is 11.9 Å². The molecule has 4 rings (SSSR count). The number of fused-ring (bicyclic) bond motifs is 2. The Balaban J connectivity index is 0.000000339. The van der Waals surface area contributed by atoms with Crippen LogP contribution in [0.1, 0.15) is 12.6 Å². The van der Waals surface area contributed by atoms with Crippen LogP contribution in [0.4, 0.5) is 0 Å². The second kappa shape index (κ2) is 8.96. The van der Waals surface area contributed by atoms with Gasteiger partial charge in [-0.05, 0) is 30.2 Å². The number of nitrogens with one attached hydrogen (secondary N) is 1. The van der Waals surface area contributed by atoms with Crippen LogP contribution in [0, 0.1) is 0 Å². The zero-order valence-corrected chi connectivity index (χ0v) is 17.3. The number of aromatic amines is 1. The van der Waals surface area contributed by atoms with Crippen LogP contribution in [0.15, 0.2) is 30.6 Å². The molecule has 0 unspecified atom stereocenters. The first kappa shape index (κ1) is 22.6. The zero-order chi connectivity index (χ0) is 22.8. The molecule has 31 heavy (non-hydrogen) atoms. The van der Waals surface area contributed by atoms with E-state index >= 15 is 0 Å². The lowest BCUT2D eigenvalue weighted by molar-refractivity contribution is -0.300. The van der Waals surface area contributed by atoms with Crippen LogP contribution >= 0.6 is 23.2 Å². The Kier molecular flexibility index (Phi) is 6.53. The average molecular weight is 468 g/mol. The van der Waals surface area contributed by atoms with E-state index in [-0.39, 0.29) is 5.28 Å². The molecule has 0 radical (unpaired) electrons. The highest BCUT2D eigenvalue weighted by Gasteiger charge is 2.28. The molecule has 11 nitrogen and oxygen atoms in total. The van der Waals surface area contributed by atoms with Gasteiger partial charge in [0.1, 0.15) is 16.8 Å². The molecule has 0 saturated carbocycles. The van der Waals surface area contributed by atoms with E-state index in [1.165, 1.54) is 0 Å². The van der Waals surface area contributed by atoms with Crippen molar-refractivity contribution in [1.29, 1.82) is 0 Å². The van der Waals surface area contributed by atoms with Gasteiger partial charge in [0, 0.05) is 24.2 Å². The number of carboxylic acid groups (broad SMARTS) is 1. The molecule has 1 aromatic carbocycles. The Morgan fingerprint density at radius 1 is 1.13 bits per heavy atom. The third-order valence-corrected chi connectivity index (χ3v) is 4.48.